The van der Waals surface area contributed by atoms with Crippen LogP contribution in [0.4, 0.5) is 36.1 Å². The van der Waals surface area contributed by atoms with Crippen LogP contribution in [0.2, 0.25) is 0 Å². The van der Waals surface area contributed by atoms with Crippen LogP contribution in [0.25, 0.3) is 11.3 Å². The van der Waals surface area contributed by atoms with E-state index in [1.165, 1.54) is 35.2 Å². The van der Waals surface area contributed by atoms with Crippen LogP contribution >= 0.6 is 0 Å². The first-order chi connectivity index (χ1) is 27.1. The molecule has 2 aromatic heterocycles. The molecule has 2 saturated heterocycles. The van der Waals surface area contributed by atoms with Crippen molar-refractivity contribution in [3.8, 4) is 11.3 Å². The lowest BCUT2D eigenvalue weighted by atomic mass is 9.73. The molecule has 1 aliphatic carbocycles. The van der Waals surface area contributed by atoms with Crippen molar-refractivity contribution in [3.05, 3.63) is 124 Å². The molecule has 10 nitrogen and oxygen atoms in total. The van der Waals surface area contributed by atoms with Crippen LogP contribution in [-0.2, 0) is 24.0 Å². The summed E-state index contributed by atoms with van der Waals surface area (Å²) in [5.41, 5.74) is 4.28. The number of hydrogen-bond donors (Lipinski definition) is 2. The molecule has 5 heterocycles. The van der Waals surface area contributed by atoms with Crippen LogP contribution < -0.4 is 20.4 Å². The van der Waals surface area contributed by atoms with Gasteiger partial charge in [-0.3, -0.25) is 14.4 Å². The average molecular weight is 762 g/mol. The van der Waals surface area contributed by atoms with Crippen molar-refractivity contribution in [2.45, 2.75) is 44.9 Å². The predicted octanol–water partition coefficient (Wildman–Crippen LogP) is 7.96. The maximum absolute atomic E-state index is 14.7. The van der Waals surface area contributed by atoms with Gasteiger partial charge in [0.2, 0.25) is 0 Å². The molecule has 5 aromatic rings. The normalized spacial score (nSPS) is 16.9. The molecule has 0 saturated carbocycles. The number of furan rings is 1. The summed E-state index contributed by atoms with van der Waals surface area (Å²) < 4.78 is 54.7. The van der Waals surface area contributed by atoms with Gasteiger partial charge in [0, 0.05) is 66.3 Å². The number of fused-ring (bicyclic) bond motifs is 4. The molecule has 0 atom stereocenters. The second-order valence-corrected chi connectivity index (χ2v) is 15.1. The summed E-state index contributed by atoms with van der Waals surface area (Å²) >= 11 is 0. The van der Waals surface area contributed by atoms with Crippen molar-refractivity contribution in [2.75, 3.05) is 53.3 Å². The van der Waals surface area contributed by atoms with E-state index in [0.717, 1.165) is 88.2 Å². The Morgan fingerprint density at radius 1 is 0.786 bits per heavy atom. The van der Waals surface area contributed by atoms with Gasteiger partial charge in [-0.1, -0.05) is 6.07 Å². The highest BCUT2D eigenvalue weighted by atomic mass is 19.1. The SMILES string of the molecule is O=C(Nc1c(F)cccc1F)c1cc2c(o1)-c1ccc(F)cc1N(C(=O)c1ccc(NC(=O)c3cc4c(nc3N3CC5(CCOCC5)C3)CCCC4)cc1)CC2. The number of anilines is 4. The van der Waals surface area contributed by atoms with Gasteiger partial charge < -0.3 is 29.6 Å². The summed E-state index contributed by atoms with van der Waals surface area (Å²) in [5, 5.41) is 5.24. The van der Waals surface area contributed by atoms with Crippen molar-refractivity contribution in [1.82, 2.24) is 4.98 Å². The van der Waals surface area contributed by atoms with Crippen molar-refractivity contribution in [3.63, 3.8) is 0 Å². The summed E-state index contributed by atoms with van der Waals surface area (Å²) in [4.78, 5) is 49.7. The minimum absolute atomic E-state index is 0.113. The molecule has 13 heteroatoms. The highest BCUT2D eigenvalue weighted by molar-refractivity contribution is 6.10. The number of pyridine rings is 1. The number of aryl methyl sites for hydroxylation is 2. The van der Waals surface area contributed by atoms with E-state index in [-0.39, 0.29) is 41.5 Å². The summed E-state index contributed by atoms with van der Waals surface area (Å²) in [6.45, 7) is 3.32. The highest BCUT2D eigenvalue weighted by Crippen LogP contribution is 2.44. The fourth-order valence-electron chi connectivity index (χ4n) is 8.35. The van der Waals surface area contributed by atoms with Gasteiger partial charge in [-0.05, 0) is 117 Å². The number of aromatic nitrogens is 1. The van der Waals surface area contributed by atoms with Crippen molar-refractivity contribution in [1.29, 1.82) is 0 Å². The van der Waals surface area contributed by atoms with Gasteiger partial charge in [0.15, 0.2) is 5.76 Å². The van der Waals surface area contributed by atoms with Gasteiger partial charge in [0.1, 0.15) is 34.7 Å². The second kappa shape index (κ2) is 14.3. The summed E-state index contributed by atoms with van der Waals surface area (Å²) in [6.07, 6.45) is 6.18. The Balaban J connectivity index is 0.933. The van der Waals surface area contributed by atoms with E-state index in [2.05, 4.69) is 15.5 Å². The number of amides is 3. The molecule has 56 heavy (non-hydrogen) atoms. The minimum Gasteiger partial charge on any atom is -0.451 e. The number of nitrogens with one attached hydrogen (secondary N) is 2. The van der Waals surface area contributed by atoms with E-state index in [1.54, 1.807) is 24.3 Å². The molecule has 0 radical (unpaired) electrons. The Labute approximate surface area is 320 Å². The topological polar surface area (TPSA) is 117 Å². The van der Waals surface area contributed by atoms with Gasteiger partial charge in [-0.2, -0.15) is 0 Å². The van der Waals surface area contributed by atoms with E-state index in [0.29, 0.717) is 33.8 Å². The predicted molar refractivity (Wildman–Crippen MR) is 204 cm³/mol. The maximum Gasteiger partial charge on any atom is 0.291 e. The van der Waals surface area contributed by atoms with Gasteiger partial charge in [0.05, 0.1) is 11.3 Å². The van der Waals surface area contributed by atoms with Crippen molar-refractivity contribution < 1.29 is 36.7 Å². The molecular formula is C43H38F3N5O5. The van der Waals surface area contributed by atoms with E-state index >= 15 is 0 Å². The van der Waals surface area contributed by atoms with Crippen LogP contribution in [0.15, 0.2) is 77.2 Å². The maximum atomic E-state index is 14.7. The molecule has 3 amide bonds. The number of para-hydroxylation sites is 1. The fourth-order valence-corrected chi connectivity index (χ4v) is 8.35. The number of ether oxygens (including phenoxy) is 1. The summed E-state index contributed by atoms with van der Waals surface area (Å²) in [7, 11) is 0. The first-order valence-electron chi connectivity index (χ1n) is 18.9. The molecule has 9 rings (SSSR count). The zero-order chi connectivity index (χ0) is 38.6. The van der Waals surface area contributed by atoms with E-state index in [9.17, 15) is 27.6 Å². The zero-order valence-corrected chi connectivity index (χ0v) is 30.4. The Bertz CT molecular complexity index is 2360. The van der Waals surface area contributed by atoms with Crippen LogP contribution in [0.3, 0.4) is 0 Å². The molecule has 4 aliphatic rings. The number of benzene rings is 3. The molecule has 3 aliphatic heterocycles. The van der Waals surface area contributed by atoms with Gasteiger partial charge in [-0.25, -0.2) is 18.2 Å². The lowest BCUT2D eigenvalue weighted by molar-refractivity contribution is -0.000526. The van der Waals surface area contributed by atoms with Crippen molar-refractivity contribution >= 4 is 40.6 Å². The van der Waals surface area contributed by atoms with Gasteiger partial charge >= 0.3 is 0 Å². The first-order valence-corrected chi connectivity index (χ1v) is 18.9. The zero-order valence-electron chi connectivity index (χ0n) is 30.4. The Hall–Kier alpha value is -5.95. The Morgan fingerprint density at radius 3 is 2.30 bits per heavy atom. The lowest BCUT2D eigenvalue weighted by Crippen LogP contribution is -2.59. The smallest absolute Gasteiger partial charge is 0.291 e. The fraction of sp³-hybridized carbons (Fsp3) is 0.302. The Kier molecular flexibility index (Phi) is 9.11. The summed E-state index contributed by atoms with van der Waals surface area (Å²) in [5.74, 6) is -3.26. The lowest BCUT2D eigenvalue weighted by Gasteiger charge is -2.53. The van der Waals surface area contributed by atoms with Gasteiger partial charge in [-0.15, -0.1) is 0 Å². The van der Waals surface area contributed by atoms with E-state index in [1.807, 2.05) is 6.07 Å². The third-order valence-corrected chi connectivity index (χ3v) is 11.4. The molecule has 2 N–H and O–H groups in total. The second-order valence-electron chi connectivity index (χ2n) is 15.1. The van der Waals surface area contributed by atoms with E-state index in [4.69, 9.17) is 14.1 Å². The highest BCUT2D eigenvalue weighted by Gasteiger charge is 2.45. The quantitative estimate of drug-likeness (QED) is 0.180. The third kappa shape index (κ3) is 6.59. The molecule has 1 spiro atoms. The number of rotatable bonds is 6. The third-order valence-electron chi connectivity index (χ3n) is 11.4. The number of carbonyl (C=O) groups is 3. The monoisotopic (exact) mass is 761 g/mol. The number of hydrogen-bond acceptors (Lipinski definition) is 7. The van der Waals surface area contributed by atoms with Crippen molar-refractivity contribution in [2.24, 2.45) is 5.41 Å². The van der Waals surface area contributed by atoms with Crippen LogP contribution in [-0.4, -0.2) is 55.6 Å². The average Bonchev–Trinajstić information content (AvgIpc) is 3.56. The standard InChI is InChI=1S/C43H38F3N5O5/c44-28-10-13-30-35(22-28)51(17-14-27-21-36(56-38(27)30)41(53)49-37-32(45)5-3-6-33(37)46)42(54)25-8-11-29(12-9-25)47-40(52)31-20-26-4-1-2-7-34(26)48-39(31)50-23-43(24-50)15-18-55-19-16-43/h3,5-6,8-13,20-22H,1-2,4,7,14-19,23-24H2,(H,47,52)(H,49,53). The largest absolute Gasteiger partial charge is 0.451 e. The Morgan fingerprint density at radius 2 is 1.54 bits per heavy atom. The molecule has 2 fully saturated rings. The molecule has 0 unspecified atom stereocenters. The number of nitrogens with zero attached hydrogens (tertiary/aromatic N) is 3. The van der Waals surface area contributed by atoms with E-state index < -0.39 is 35.0 Å². The molecule has 0 bridgehead atoms. The molecule has 3 aromatic carbocycles. The number of carbonyl (C=O) groups excluding carboxylic acids is 3. The minimum atomic E-state index is -0.941. The van der Waals surface area contributed by atoms with Crippen LogP contribution in [0.5, 0.6) is 0 Å². The van der Waals surface area contributed by atoms with Gasteiger partial charge in [0.25, 0.3) is 17.7 Å². The number of halogens is 3. The van der Waals surface area contributed by atoms with Crippen LogP contribution in [0, 0.1) is 22.9 Å². The van der Waals surface area contributed by atoms with Crippen LogP contribution in [0.1, 0.15) is 73.8 Å². The molecular weight excluding hydrogens is 723 g/mol. The summed E-state index contributed by atoms with van der Waals surface area (Å²) in [6, 6.07) is 17.1. The molecule has 286 valence electrons. The first kappa shape index (κ1) is 35.7.